The Bertz CT molecular complexity index is 632. The van der Waals surface area contributed by atoms with Gasteiger partial charge in [0.25, 0.3) is 0 Å². The van der Waals surface area contributed by atoms with Gasteiger partial charge in [-0.1, -0.05) is 11.6 Å². The molecule has 0 spiro atoms. The largest absolute Gasteiger partial charge is 0.465 e. The van der Waals surface area contributed by atoms with Crippen LogP contribution < -0.4 is 10.5 Å². The van der Waals surface area contributed by atoms with Gasteiger partial charge in [-0.05, 0) is 32.0 Å². The number of sulfonamides is 1. The molecule has 0 heterocycles. The van der Waals surface area contributed by atoms with Crippen LogP contribution in [0, 0.1) is 0 Å². The van der Waals surface area contributed by atoms with E-state index in [0.29, 0.717) is 0 Å². The molecule has 20 heavy (non-hydrogen) atoms. The molecule has 0 amide bonds. The number of nitrogen functional groups attached to an aromatic ring is 1. The number of ether oxygens (including phenoxy) is 1. The molecular formula is C13H18N2O4S. The number of nitrogens with one attached hydrogen (secondary N) is 1. The van der Waals surface area contributed by atoms with Gasteiger partial charge in [0.1, 0.15) is 0 Å². The highest BCUT2D eigenvalue weighted by molar-refractivity contribution is 7.89. The molecule has 110 valence electrons. The van der Waals surface area contributed by atoms with Gasteiger partial charge in [-0.3, -0.25) is 0 Å². The zero-order valence-electron chi connectivity index (χ0n) is 11.6. The molecule has 6 nitrogen and oxygen atoms in total. The minimum Gasteiger partial charge on any atom is -0.465 e. The van der Waals surface area contributed by atoms with Crippen LogP contribution in [0.5, 0.6) is 0 Å². The van der Waals surface area contributed by atoms with Crippen LogP contribution in [0.15, 0.2) is 34.7 Å². The lowest BCUT2D eigenvalue weighted by molar-refractivity contribution is 0.0596. The lowest BCUT2D eigenvalue weighted by atomic mass is 10.2. The first-order valence-corrected chi connectivity index (χ1v) is 7.37. The maximum absolute atomic E-state index is 12.2. The van der Waals surface area contributed by atoms with Crippen LogP contribution in [-0.4, -0.2) is 28.0 Å². The van der Waals surface area contributed by atoms with Gasteiger partial charge in [-0.15, -0.1) is 0 Å². The van der Waals surface area contributed by atoms with E-state index in [2.05, 4.69) is 9.46 Å². The Labute approximate surface area is 118 Å². The summed E-state index contributed by atoms with van der Waals surface area (Å²) in [4.78, 5) is 11.5. The molecule has 7 heteroatoms. The van der Waals surface area contributed by atoms with Crippen LogP contribution in [0.25, 0.3) is 0 Å². The number of carbonyl (C=O) groups is 1. The number of benzene rings is 1. The van der Waals surface area contributed by atoms with E-state index in [4.69, 9.17) is 5.73 Å². The molecule has 0 aromatic heterocycles. The smallest absolute Gasteiger partial charge is 0.339 e. The van der Waals surface area contributed by atoms with Gasteiger partial charge in [0, 0.05) is 12.2 Å². The van der Waals surface area contributed by atoms with Gasteiger partial charge < -0.3 is 10.5 Å². The molecule has 0 saturated carbocycles. The molecule has 0 saturated heterocycles. The second-order valence-corrected chi connectivity index (χ2v) is 6.12. The van der Waals surface area contributed by atoms with E-state index in [0.717, 1.165) is 5.57 Å². The summed E-state index contributed by atoms with van der Waals surface area (Å²) in [6, 6.07) is 3.98. The summed E-state index contributed by atoms with van der Waals surface area (Å²) >= 11 is 0. The number of nitrogens with two attached hydrogens (primary N) is 1. The number of anilines is 1. The standard InChI is InChI=1S/C13H18N2O4S/c1-9(2)6-7-15-20(17,18)12-5-4-10(14)8-11(12)13(16)19-3/h4-6,8,15H,7,14H2,1-3H3. The number of hydrogen-bond acceptors (Lipinski definition) is 5. The van der Waals surface area contributed by atoms with Crippen molar-refractivity contribution in [3.8, 4) is 0 Å². The molecule has 0 aliphatic heterocycles. The Balaban J connectivity index is 3.18. The van der Waals surface area contributed by atoms with Crippen LogP contribution in [0.4, 0.5) is 5.69 Å². The SMILES string of the molecule is COC(=O)c1cc(N)ccc1S(=O)(=O)NCC=C(C)C. The predicted molar refractivity (Wildman–Crippen MR) is 76.8 cm³/mol. The third-order valence-electron chi connectivity index (χ3n) is 2.48. The summed E-state index contributed by atoms with van der Waals surface area (Å²) in [7, 11) is -2.63. The molecule has 0 aliphatic carbocycles. The average Bonchev–Trinajstić information content (AvgIpc) is 2.36. The first kappa shape index (κ1) is 16.2. The summed E-state index contributed by atoms with van der Waals surface area (Å²) in [6.07, 6.45) is 1.73. The van der Waals surface area contributed by atoms with Crippen molar-refractivity contribution in [2.45, 2.75) is 18.7 Å². The van der Waals surface area contributed by atoms with Crippen molar-refractivity contribution in [1.82, 2.24) is 4.72 Å². The summed E-state index contributed by atoms with van der Waals surface area (Å²) in [6.45, 7) is 3.87. The van der Waals surface area contributed by atoms with E-state index < -0.39 is 16.0 Å². The van der Waals surface area contributed by atoms with E-state index in [1.54, 1.807) is 6.08 Å². The molecule has 0 aliphatic rings. The maximum atomic E-state index is 12.2. The van der Waals surface area contributed by atoms with Crippen LogP contribution in [0.3, 0.4) is 0 Å². The number of hydrogen-bond donors (Lipinski definition) is 2. The van der Waals surface area contributed by atoms with E-state index in [1.165, 1.54) is 25.3 Å². The van der Waals surface area contributed by atoms with Gasteiger partial charge >= 0.3 is 5.97 Å². The Kier molecular flexibility index (Phi) is 5.29. The summed E-state index contributed by atoms with van der Waals surface area (Å²) in [5.41, 5.74) is 6.75. The summed E-state index contributed by atoms with van der Waals surface area (Å²) in [5, 5.41) is 0. The first-order chi connectivity index (χ1) is 9.27. The van der Waals surface area contributed by atoms with Crippen LogP contribution in [0.2, 0.25) is 0 Å². The fraction of sp³-hybridized carbons (Fsp3) is 0.308. The first-order valence-electron chi connectivity index (χ1n) is 5.89. The van der Waals surface area contributed by atoms with Gasteiger partial charge in [0.2, 0.25) is 10.0 Å². The lowest BCUT2D eigenvalue weighted by Crippen LogP contribution is -2.26. The Morgan fingerprint density at radius 1 is 1.40 bits per heavy atom. The highest BCUT2D eigenvalue weighted by Crippen LogP contribution is 2.19. The fourth-order valence-electron chi connectivity index (χ4n) is 1.48. The van der Waals surface area contributed by atoms with Crippen molar-refractivity contribution < 1.29 is 17.9 Å². The minimum absolute atomic E-state index is 0.0859. The van der Waals surface area contributed by atoms with Crippen molar-refractivity contribution in [3.05, 3.63) is 35.4 Å². The fourth-order valence-corrected chi connectivity index (χ4v) is 2.62. The molecule has 0 atom stereocenters. The molecule has 0 unspecified atom stereocenters. The molecule has 3 N–H and O–H groups in total. The van der Waals surface area contributed by atoms with Crippen LogP contribution >= 0.6 is 0 Å². The second-order valence-electron chi connectivity index (χ2n) is 4.38. The Hall–Kier alpha value is -1.86. The topological polar surface area (TPSA) is 98.5 Å². The third-order valence-corrected chi connectivity index (χ3v) is 3.96. The monoisotopic (exact) mass is 298 g/mol. The van der Waals surface area contributed by atoms with E-state index >= 15 is 0 Å². The maximum Gasteiger partial charge on any atom is 0.339 e. The van der Waals surface area contributed by atoms with Crippen molar-refractivity contribution in [1.29, 1.82) is 0 Å². The van der Waals surface area contributed by atoms with E-state index in [1.807, 2.05) is 13.8 Å². The number of allylic oxidation sites excluding steroid dienone is 1. The summed E-state index contributed by atoms with van der Waals surface area (Å²) < 4.78 is 31.3. The summed E-state index contributed by atoms with van der Waals surface area (Å²) in [5.74, 6) is -0.750. The molecule has 0 bridgehead atoms. The van der Waals surface area contributed by atoms with E-state index in [9.17, 15) is 13.2 Å². The van der Waals surface area contributed by atoms with Crippen molar-refractivity contribution in [2.75, 3.05) is 19.4 Å². The molecule has 0 radical (unpaired) electrons. The molecule has 1 rings (SSSR count). The molecule has 0 fully saturated rings. The number of esters is 1. The minimum atomic E-state index is -3.81. The van der Waals surface area contributed by atoms with Crippen LogP contribution in [0.1, 0.15) is 24.2 Å². The highest BCUT2D eigenvalue weighted by atomic mass is 32.2. The second kappa shape index (κ2) is 6.53. The quantitative estimate of drug-likeness (QED) is 0.485. The van der Waals surface area contributed by atoms with Crippen molar-refractivity contribution in [3.63, 3.8) is 0 Å². The lowest BCUT2D eigenvalue weighted by Gasteiger charge is -2.10. The van der Waals surface area contributed by atoms with Gasteiger partial charge in [-0.25, -0.2) is 17.9 Å². The van der Waals surface area contributed by atoms with E-state index in [-0.39, 0.29) is 22.7 Å². The number of carbonyl (C=O) groups excluding carboxylic acids is 1. The number of rotatable bonds is 5. The Morgan fingerprint density at radius 2 is 2.05 bits per heavy atom. The van der Waals surface area contributed by atoms with Crippen molar-refractivity contribution >= 4 is 21.7 Å². The molecule has 1 aromatic carbocycles. The van der Waals surface area contributed by atoms with Crippen LogP contribution in [-0.2, 0) is 14.8 Å². The van der Waals surface area contributed by atoms with Gasteiger partial charge in [0.05, 0.1) is 17.6 Å². The zero-order chi connectivity index (χ0) is 15.3. The third kappa shape index (κ3) is 4.07. The molecule has 1 aromatic rings. The van der Waals surface area contributed by atoms with Crippen molar-refractivity contribution in [2.24, 2.45) is 0 Å². The predicted octanol–water partition coefficient (Wildman–Crippen LogP) is 1.30. The zero-order valence-corrected chi connectivity index (χ0v) is 12.5. The average molecular weight is 298 g/mol. The van der Waals surface area contributed by atoms with Gasteiger partial charge in [-0.2, -0.15) is 0 Å². The number of methoxy groups -OCH3 is 1. The molecular weight excluding hydrogens is 280 g/mol. The Morgan fingerprint density at radius 3 is 2.60 bits per heavy atom. The highest BCUT2D eigenvalue weighted by Gasteiger charge is 2.22. The normalized spacial score (nSPS) is 10.9. The van der Waals surface area contributed by atoms with Gasteiger partial charge in [0.15, 0.2) is 0 Å².